The summed E-state index contributed by atoms with van der Waals surface area (Å²) in [6, 6.07) is 106. The van der Waals surface area contributed by atoms with Gasteiger partial charge in [-0.05, 0) is 225 Å². The van der Waals surface area contributed by atoms with E-state index in [4.69, 9.17) is 0 Å². The van der Waals surface area contributed by atoms with Crippen molar-refractivity contribution in [2.24, 2.45) is 0 Å². The summed E-state index contributed by atoms with van der Waals surface area (Å²) in [6.07, 6.45) is 0. The lowest BCUT2D eigenvalue weighted by molar-refractivity contribution is 0.793. The van der Waals surface area contributed by atoms with E-state index in [0.717, 1.165) is 68.2 Å². The molecule has 14 rings (SSSR count). The van der Waals surface area contributed by atoms with E-state index in [1.165, 1.54) is 72.3 Å². The Bertz CT molecular complexity index is 3960. The van der Waals surface area contributed by atoms with Gasteiger partial charge < -0.3 is 19.6 Å². The number of para-hydroxylation sites is 3. The molecule has 0 aliphatic heterocycles. The van der Waals surface area contributed by atoms with Crippen LogP contribution in [0, 0.1) is 34.6 Å². The maximum Gasteiger partial charge on any atom is 0.0728 e. The monoisotopic (exact) mass is 1050 g/mol. The second-order valence-corrected chi connectivity index (χ2v) is 22.2. The van der Waals surface area contributed by atoms with Crippen molar-refractivity contribution in [2.45, 2.75) is 40.0 Å². The van der Waals surface area contributed by atoms with E-state index in [-0.39, 0.29) is 0 Å². The fourth-order valence-electron chi connectivity index (χ4n) is 12.7. The van der Waals surface area contributed by atoms with Crippen molar-refractivity contribution in [1.82, 2.24) is 0 Å². The third-order valence-electron chi connectivity index (χ3n) is 16.7. The van der Waals surface area contributed by atoms with Crippen LogP contribution in [0.15, 0.2) is 285 Å². The maximum atomic E-state index is 2.52. The van der Waals surface area contributed by atoms with Crippen LogP contribution < -0.4 is 19.6 Å². The average Bonchev–Trinajstić information content (AvgIpc) is 4.13. The molecule has 2 aliphatic rings. The molecule has 1 spiro atoms. The zero-order valence-electron chi connectivity index (χ0n) is 46.9. The number of nitrogens with zero attached hydrogens (tertiary/aromatic N) is 4. The number of hydrogen-bond donors (Lipinski definition) is 0. The molecule has 394 valence electrons. The highest BCUT2D eigenvalue weighted by Gasteiger charge is 2.53. The third kappa shape index (κ3) is 8.63. The van der Waals surface area contributed by atoms with Gasteiger partial charge >= 0.3 is 0 Å². The molecule has 0 bridgehead atoms. The van der Waals surface area contributed by atoms with Gasteiger partial charge in [0.15, 0.2) is 0 Å². The Morgan fingerprint density at radius 1 is 0.183 bits per heavy atom. The Hall–Kier alpha value is -10.2. The Morgan fingerprint density at radius 3 is 0.549 bits per heavy atom. The number of fused-ring (bicyclic) bond motifs is 10. The number of aryl methyl sites for hydroxylation is 5. The van der Waals surface area contributed by atoms with Crippen molar-refractivity contribution >= 4 is 68.2 Å². The van der Waals surface area contributed by atoms with Gasteiger partial charge in [0.2, 0.25) is 0 Å². The second kappa shape index (κ2) is 20.5. The molecule has 0 heterocycles. The number of benzene rings is 12. The van der Waals surface area contributed by atoms with Gasteiger partial charge in [-0.2, -0.15) is 0 Å². The van der Waals surface area contributed by atoms with Crippen LogP contribution in [0.1, 0.15) is 50.1 Å². The summed E-state index contributed by atoms with van der Waals surface area (Å²) in [5.41, 5.74) is 28.2. The zero-order chi connectivity index (χ0) is 55.5. The third-order valence-corrected chi connectivity index (χ3v) is 16.7. The Kier molecular flexibility index (Phi) is 12.5. The molecule has 0 unspecified atom stereocenters. The van der Waals surface area contributed by atoms with Crippen molar-refractivity contribution < 1.29 is 0 Å². The molecule has 12 aromatic carbocycles. The predicted molar refractivity (Wildman–Crippen MR) is 345 cm³/mol. The van der Waals surface area contributed by atoms with Crippen LogP contribution in [0.3, 0.4) is 0 Å². The van der Waals surface area contributed by atoms with Crippen LogP contribution in [-0.2, 0) is 5.41 Å². The van der Waals surface area contributed by atoms with Gasteiger partial charge in [0.05, 0.1) is 5.41 Å². The van der Waals surface area contributed by atoms with Crippen LogP contribution in [0.2, 0.25) is 0 Å². The highest BCUT2D eigenvalue weighted by molar-refractivity contribution is 6.00. The van der Waals surface area contributed by atoms with E-state index in [1.807, 2.05) is 0 Å². The minimum Gasteiger partial charge on any atom is -0.310 e. The van der Waals surface area contributed by atoms with Crippen molar-refractivity contribution in [2.75, 3.05) is 19.6 Å². The molecule has 12 aromatic rings. The molecule has 4 heteroatoms. The smallest absolute Gasteiger partial charge is 0.0728 e. The summed E-state index contributed by atoms with van der Waals surface area (Å²) in [4.78, 5) is 9.70. The molecule has 0 atom stereocenters. The minimum absolute atomic E-state index is 0.833. The van der Waals surface area contributed by atoms with Gasteiger partial charge in [0, 0.05) is 68.2 Å². The first-order valence-corrected chi connectivity index (χ1v) is 28.5. The summed E-state index contributed by atoms with van der Waals surface area (Å²) in [7, 11) is 0. The Balaban J connectivity index is 1.10. The Morgan fingerprint density at radius 2 is 0.354 bits per heavy atom. The van der Waals surface area contributed by atoms with Gasteiger partial charge in [-0.25, -0.2) is 0 Å². The zero-order valence-corrected chi connectivity index (χ0v) is 46.9. The predicted octanol–water partition coefficient (Wildman–Crippen LogP) is 21.5. The van der Waals surface area contributed by atoms with Gasteiger partial charge in [0.25, 0.3) is 0 Å². The van der Waals surface area contributed by atoms with Crippen LogP contribution in [0.4, 0.5) is 68.2 Å². The highest BCUT2D eigenvalue weighted by atomic mass is 15.2. The van der Waals surface area contributed by atoms with Crippen molar-refractivity contribution in [3.63, 3.8) is 0 Å². The van der Waals surface area contributed by atoms with Crippen LogP contribution in [-0.4, -0.2) is 0 Å². The van der Waals surface area contributed by atoms with Gasteiger partial charge in [-0.3, -0.25) is 0 Å². The topological polar surface area (TPSA) is 13.0 Å². The summed E-state index contributed by atoms with van der Waals surface area (Å²) >= 11 is 0. The number of hydrogen-bond acceptors (Lipinski definition) is 4. The van der Waals surface area contributed by atoms with Crippen molar-refractivity contribution in [3.05, 3.63) is 335 Å². The van der Waals surface area contributed by atoms with E-state index in [1.54, 1.807) is 0 Å². The van der Waals surface area contributed by atoms with Gasteiger partial charge in [-0.15, -0.1) is 0 Å². The van der Waals surface area contributed by atoms with E-state index in [2.05, 4.69) is 339 Å². The van der Waals surface area contributed by atoms with Crippen molar-refractivity contribution in [3.8, 4) is 22.3 Å². The van der Waals surface area contributed by atoms with Gasteiger partial charge in [0.1, 0.15) is 0 Å². The first-order chi connectivity index (χ1) is 40.2. The van der Waals surface area contributed by atoms with E-state index >= 15 is 0 Å². The second-order valence-electron chi connectivity index (χ2n) is 22.2. The average molecular weight is 1060 g/mol. The molecule has 82 heavy (non-hydrogen) atoms. The molecule has 0 radical (unpaired) electrons. The van der Waals surface area contributed by atoms with E-state index < -0.39 is 5.41 Å². The largest absolute Gasteiger partial charge is 0.310 e. The van der Waals surface area contributed by atoms with Crippen LogP contribution >= 0.6 is 0 Å². The lowest BCUT2D eigenvalue weighted by Crippen LogP contribution is -2.27. The van der Waals surface area contributed by atoms with Crippen LogP contribution in [0.25, 0.3) is 22.3 Å². The van der Waals surface area contributed by atoms with Crippen LogP contribution in [0.5, 0.6) is 0 Å². The minimum atomic E-state index is -0.833. The molecule has 4 nitrogen and oxygen atoms in total. The summed E-state index contributed by atoms with van der Waals surface area (Å²) in [5, 5.41) is 0. The van der Waals surface area contributed by atoms with E-state index in [0.29, 0.717) is 0 Å². The molecule has 0 amide bonds. The first kappa shape index (κ1) is 50.1. The normalized spacial score (nSPS) is 12.3. The number of anilines is 12. The standard InChI is InChI=1S/C78H62N4/c1-53-21-31-61(32-22-53)79(58-15-9-6-10-16-58)66-41-45-70-71-46-42-67(80(59-17-11-7-12-18-59)62-33-23-54(2)24-34-62)50-75(71)78(74(70)49-66)76-51-68(81(60-19-13-8-14-20-60)63-35-25-55(3)26-36-63)43-47-72(76)73-48-44-69(52-77(73)78)82(64-37-27-56(4)28-38-64)65-39-29-57(5)30-40-65/h6-52H,1-5H3. The molecular weight excluding hydrogens is 993 g/mol. The lowest BCUT2D eigenvalue weighted by atomic mass is 9.70. The van der Waals surface area contributed by atoms with Crippen molar-refractivity contribution in [1.29, 1.82) is 0 Å². The highest BCUT2D eigenvalue weighted by Crippen LogP contribution is 2.65. The summed E-state index contributed by atoms with van der Waals surface area (Å²) < 4.78 is 0. The molecule has 0 fully saturated rings. The SMILES string of the molecule is Cc1ccc(N(c2ccccc2)c2ccc3c(c2)C2(c4cc(N(c5ccccc5)c5ccc(C)cc5)ccc4-3)c3cc(N(c4ccccc4)c4ccc(C)cc4)ccc3-c3ccc(N(c4ccc(C)cc4)c4ccc(C)cc4)cc32)cc1. The molecular formula is C78H62N4. The quantitative estimate of drug-likeness (QED) is 0.121. The fraction of sp³-hybridized carbons (Fsp3) is 0.0769. The maximum absolute atomic E-state index is 2.52. The molecule has 2 aliphatic carbocycles. The first-order valence-electron chi connectivity index (χ1n) is 28.5. The van der Waals surface area contributed by atoms with Gasteiger partial charge in [-0.1, -0.05) is 167 Å². The molecule has 0 N–H and O–H groups in total. The lowest BCUT2D eigenvalue weighted by Gasteiger charge is -2.35. The summed E-state index contributed by atoms with van der Waals surface area (Å²) in [6.45, 7) is 10.8. The molecule has 0 aromatic heterocycles. The fourth-order valence-corrected chi connectivity index (χ4v) is 12.7. The van der Waals surface area contributed by atoms with E-state index in [9.17, 15) is 0 Å². The molecule has 0 saturated heterocycles. The Labute approximate surface area is 482 Å². The molecule has 0 saturated carbocycles. The summed E-state index contributed by atoms with van der Waals surface area (Å²) in [5.74, 6) is 0. The number of rotatable bonds is 12.